The summed E-state index contributed by atoms with van der Waals surface area (Å²) in [4.78, 5) is 37.4. The number of carbonyl (C=O) groups excluding carboxylic acids is 1. The van der Waals surface area contributed by atoms with Crippen LogP contribution < -0.4 is 5.56 Å². The van der Waals surface area contributed by atoms with Crippen molar-refractivity contribution in [3.05, 3.63) is 33.7 Å². The van der Waals surface area contributed by atoms with Gasteiger partial charge in [0.15, 0.2) is 9.84 Å². The van der Waals surface area contributed by atoms with Gasteiger partial charge in [-0.3, -0.25) is 9.59 Å². The molecule has 8 nitrogen and oxygen atoms in total. The predicted octanol–water partition coefficient (Wildman–Crippen LogP) is 0.112. The highest BCUT2D eigenvalue weighted by Gasteiger charge is 2.60. The molecule has 9 heteroatoms. The lowest BCUT2D eigenvalue weighted by molar-refractivity contribution is 0.0671. The number of aromatic carboxylic acids is 1. The van der Waals surface area contributed by atoms with Gasteiger partial charge in [0.05, 0.1) is 10.00 Å². The van der Waals surface area contributed by atoms with Crippen LogP contribution in [0.3, 0.4) is 0 Å². The Hall–Kier alpha value is -2.16. The molecule has 2 heterocycles. The van der Waals surface area contributed by atoms with Crippen LogP contribution in [0.2, 0.25) is 0 Å². The highest BCUT2D eigenvalue weighted by atomic mass is 32.2. The van der Waals surface area contributed by atoms with Crippen LogP contribution in [0.25, 0.3) is 0 Å². The third-order valence-corrected chi connectivity index (χ3v) is 8.45. The summed E-state index contributed by atoms with van der Waals surface area (Å²) in [6, 6.07) is 2.46. The van der Waals surface area contributed by atoms with Crippen molar-refractivity contribution in [2.45, 2.75) is 42.2 Å². The highest BCUT2D eigenvalue weighted by molar-refractivity contribution is 7.94. The number of hydrogen-bond acceptors (Lipinski definition) is 5. The van der Waals surface area contributed by atoms with E-state index in [-0.39, 0.29) is 36.1 Å². The van der Waals surface area contributed by atoms with Gasteiger partial charge < -0.3 is 14.6 Å². The summed E-state index contributed by atoms with van der Waals surface area (Å²) in [6.45, 7) is 0.525. The van der Waals surface area contributed by atoms with Crippen molar-refractivity contribution in [2.75, 3.05) is 13.1 Å². The van der Waals surface area contributed by atoms with Crippen LogP contribution in [0.1, 0.15) is 46.5 Å². The zero-order chi connectivity index (χ0) is 18.0. The summed E-state index contributed by atoms with van der Waals surface area (Å²) in [5, 5.41) is 8.76. The van der Waals surface area contributed by atoms with Gasteiger partial charge in [-0.05, 0) is 37.8 Å². The van der Waals surface area contributed by atoms with Gasteiger partial charge in [-0.2, -0.15) is 0 Å². The molecule has 1 aromatic rings. The normalized spacial score (nSPS) is 21.8. The van der Waals surface area contributed by atoms with E-state index in [4.69, 9.17) is 5.11 Å². The smallest absolute Gasteiger partial charge is 0.341 e. The lowest BCUT2D eigenvalue weighted by atomic mass is 10.1. The minimum Gasteiger partial charge on any atom is -0.477 e. The van der Waals surface area contributed by atoms with Crippen LogP contribution in [-0.4, -0.2) is 58.0 Å². The summed E-state index contributed by atoms with van der Waals surface area (Å²) in [5.41, 5.74) is -0.967. The second-order valence-electron chi connectivity index (χ2n) is 7.05. The fourth-order valence-corrected chi connectivity index (χ4v) is 6.01. The topological polar surface area (TPSA) is 114 Å². The van der Waals surface area contributed by atoms with Crippen molar-refractivity contribution in [1.82, 2.24) is 9.47 Å². The number of carbonyl (C=O) groups is 2. The fraction of sp³-hybridized carbons (Fsp3) is 0.562. The molecule has 3 aliphatic rings. The molecular weight excluding hydrogens is 348 g/mol. The van der Waals surface area contributed by atoms with E-state index in [0.29, 0.717) is 25.7 Å². The molecule has 0 aromatic carbocycles. The average Bonchev–Trinajstić information content (AvgIpc) is 3.44. The summed E-state index contributed by atoms with van der Waals surface area (Å²) >= 11 is 0. The predicted molar refractivity (Wildman–Crippen MR) is 87.5 cm³/mol. The highest BCUT2D eigenvalue weighted by Crippen LogP contribution is 2.50. The van der Waals surface area contributed by atoms with E-state index < -0.39 is 32.0 Å². The molecule has 1 aliphatic heterocycles. The summed E-state index contributed by atoms with van der Waals surface area (Å²) in [5.74, 6) is -1.75. The first-order valence-corrected chi connectivity index (χ1v) is 9.81. The van der Waals surface area contributed by atoms with Crippen LogP contribution in [0, 0.1) is 0 Å². The summed E-state index contributed by atoms with van der Waals surface area (Å²) < 4.78 is 25.6. The maximum Gasteiger partial charge on any atom is 0.341 e. The molecule has 1 aromatic heterocycles. The minimum atomic E-state index is -3.22. The largest absolute Gasteiger partial charge is 0.477 e. The lowest BCUT2D eigenvalue weighted by Gasteiger charge is -2.32. The zero-order valence-corrected chi connectivity index (χ0v) is 14.3. The molecule has 4 rings (SSSR count). The van der Waals surface area contributed by atoms with E-state index in [1.807, 2.05) is 0 Å². The van der Waals surface area contributed by atoms with Crippen LogP contribution in [-0.2, 0) is 16.4 Å². The Balaban J connectivity index is 1.62. The van der Waals surface area contributed by atoms with E-state index in [0.717, 1.165) is 10.6 Å². The van der Waals surface area contributed by atoms with E-state index in [2.05, 4.69) is 0 Å². The molecule has 0 radical (unpaired) electrons. The Morgan fingerprint density at radius 3 is 2.44 bits per heavy atom. The third-order valence-electron chi connectivity index (χ3n) is 5.36. The molecular formula is C16H18N2O6S. The number of carboxylic acids is 1. The monoisotopic (exact) mass is 366 g/mol. The molecule has 0 saturated heterocycles. The summed E-state index contributed by atoms with van der Waals surface area (Å²) in [6.07, 6.45) is 2.54. The molecule has 2 saturated carbocycles. The molecule has 1 N–H and O–H groups in total. The van der Waals surface area contributed by atoms with Crippen LogP contribution in [0.15, 0.2) is 16.9 Å². The van der Waals surface area contributed by atoms with E-state index >= 15 is 0 Å². The van der Waals surface area contributed by atoms with Crippen molar-refractivity contribution in [3.63, 3.8) is 0 Å². The number of sulfone groups is 1. The zero-order valence-electron chi connectivity index (χ0n) is 13.5. The van der Waals surface area contributed by atoms with Crippen molar-refractivity contribution >= 4 is 21.7 Å². The van der Waals surface area contributed by atoms with Crippen LogP contribution in [0.4, 0.5) is 0 Å². The van der Waals surface area contributed by atoms with Gasteiger partial charge >= 0.3 is 5.97 Å². The van der Waals surface area contributed by atoms with Crippen LogP contribution >= 0.6 is 0 Å². The van der Waals surface area contributed by atoms with Crippen molar-refractivity contribution in [3.8, 4) is 0 Å². The first-order chi connectivity index (χ1) is 11.8. The molecule has 2 aliphatic carbocycles. The second kappa shape index (κ2) is 5.17. The van der Waals surface area contributed by atoms with E-state index in [1.54, 1.807) is 0 Å². The molecule has 25 heavy (non-hydrogen) atoms. The van der Waals surface area contributed by atoms with Gasteiger partial charge in [0.25, 0.3) is 11.5 Å². The number of carboxylic acid groups (broad SMARTS) is 1. The van der Waals surface area contributed by atoms with Crippen molar-refractivity contribution < 1.29 is 23.1 Å². The number of pyridine rings is 1. The summed E-state index contributed by atoms with van der Waals surface area (Å²) in [7, 11) is -3.22. The quantitative estimate of drug-likeness (QED) is 0.791. The minimum absolute atomic E-state index is 0.112. The number of hydrogen-bond donors (Lipinski definition) is 1. The molecule has 2 fully saturated rings. The van der Waals surface area contributed by atoms with Gasteiger partial charge in [0.1, 0.15) is 11.3 Å². The van der Waals surface area contributed by atoms with Crippen LogP contribution in [0.5, 0.6) is 0 Å². The second-order valence-corrected chi connectivity index (χ2v) is 9.67. The van der Waals surface area contributed by atoms with Crippen molar-refractivity contribution in [2.24, 2.45) is 0 Å². The number of fused-ring (bicyclic) bond motifs is 1. The van der Waals surface area contributed by atoms with Gasteiger partial charge in [-0.15, -0.1) is 0 Å². The molecule has 0 unspecified atom stereocenters. The number of rotatable bonds is 5. The van der Waals surface area contributed by atoms with Gasteiger partial charge in [-0.25, -0.2) is 13.2 Å². The SMILES string of the molecule is O=C(O)c1ccc2n(c1=O)CCN(CC1(S(=O)(=O)C3CC3)CC1)C2=O. The fourth-order valence-electron chi connectivity index (χ4n) is 3.54. The van der Waals surface area contributed by atoms with E-state index in [9.17, 15) is 22.8 Å². The van der Waals surface area contributed by atoms with Gasteiger partial charge in [-0.1, -0.05) is 0 Å². The van der Waals surface area contributed by atoms with Gasteiger partial charge in [0, 0.05) is 19.6 Å². The Morgan fingerprint density at radius 1 is 1.20 bits per heavy atom. The maximum atomic E-state index is 12.7. The number of nitrogens with zero attached hydrogens (tertiary/aromatic N) is 2. The number of amides is 1. The third kappa shape index (κ3) is 2.40. The number of aromatic nitrogens is 1. The maximum absolute atomic E-state index is 12.7. The Bertz CT molecular complexity index is 940. The average molecular weight is 366 g/mol. The molecule has 0 atom stereocenters. The lowest BCUT2D eigenvalue weighted by Crippen LogP contribution is -2.50. The molecule has 0 spiro atoms. The molecule has 134 valence electrons. The Kier molecular flexibility index (Phi) is 3.37. The van der Waals surface area contributed by atoms with Gasteiger partial charge in [0.2, 0.25) is 0 Å². The Labute approximate surface area is 144 Å². The standard InChI is InChI=1S/C16H18N2O6S/c19-13-11(15(21)22)3-4-12-14(20)17(7-8-18(12)13)9-16(5-6-16)25(23,24)10-1-2-10/h3-4,10H,1-2,5-9H2,(H,21,22). The first kappa shape index (κ1) is 16.3. The van der Waals surface area contributed by atoms with Crippen molar-refractivity contribution in [1.29, 1.82) is 0 Å². The molecule has 0 bridgehead atoms. The van der Waals surface area contributed by atoms with E-state index in [1.165, 1.54) is 11.0 Å². The first-order valence-electron chi connectivity index (χ1n) is 8.27. The molecule has 1 amide bonds. The Morgan fingerprint density at radius 2 is 1.88 bits per heavy atom.